The first kappa shape index (κ1) is 23.0. The Morgan fingerprint density at radius 1 is 1.03 bits per heavy atom. The second-order valence-corrected chi connectivity index (χ2v) is 9.46. The number of aromatic nitrogens is 5. The van der Waals surface area contributed by atoms with E-state index < -0.39 is 5.76 Å². The van der Waals surface area contributed by atoms with Gasteiger partial charge < -0.3 is 4.74 Å². The van der Waals surface area contributed by atoms with Crippen molar-refractivity contribution in [2.24, 2.45) is 0 Å². The molecule has 0 aliphatic carbocycles. The molecule has 0 saturated heterocycles. The number of nitrogens with one attached hydrogen (secondary N) is 1. The summed E-state index contributed by atoms with van der Waals surface area (Å²) in [6.45, 7) is 10.7. The lowest BCUT2D eigenvalue weighted by atomic mass is 9.96. The number of anilines is 3. The Labute approximate surface area is 213 Å². The van der Waals surface area contributed by atoms with E-state index in [-0.39, 0.29) is 0 Å². The van der Waals surface area contributed by atoms with E-state index >= 15 is 0 Å². The standard InChI is InChI=1S/C28H28N6O3/c1-6-36-27-30-23-15(2)13-17(4)29-25(23)34(27)24-16(3)14-22-20(18(24)5)12-11-19-9-7-8-10-21(19)33(22)26-31-28(35)37-32-26/h7-10,13-14H,6,11-12H2,1-5H3,(H,31,32,35). The molecule has 0 atom stereocenters. The maximum Gasteiger partial charge on any atom is 0.440 e. The molecule has 0 spiro atoms. The van der Waals surface area contributed by atoms with Crippen molar-refractivity contribution < 1.29 is 9.26 Å². The van der Waals surface area contributed by atoms with Gasteiger partial charge in [-0.2, -0.15) is 4.98 Å². The van der Waals surface area contributed by atoms with E-state index in [1.165, 1.54) is 0 Å². The van der Waals surface area contributed by atoms with E-state index in [2.05, 4.69) is 43.0 Å². The van der Waals surface area contributed by atoms with Crippen LogP contribution >= 0.6 is 0 Å². The van der Waals surface area contributed by atoms with Gasteiger partial charge in [-0.15, -0.1) is 0 Å². The number of fused-ring (bicyclic) bond motifs is 3. The van der Waals surface area contributed by atoms with Gasteiger partial charge in [0.2, 0.25) is 0 Å². The average Bonchev–Trinajstić information content (AvgIpc) is 3.39. The highest BCUT2D eigenvalue weighted by Crippen LogP contribution is 2.44. The molecule has 0 unspecified atom stereocenters. The summed E-state index contributed by atoms with van der Waals surface area (Å²) in [6.07, 6.45) is 1.65. The van der Waals surface area contributed by atoms with Gasteiger partial charge in [0.25, 0.3) is 5.95 Å². The van der Waals surface area contributed by atoms with E-state index in [0.717, 1.165) is 74.6 Å². The highest BCUT2D eigenvalue weighted by Gasteiger charge is 2.29. The summed E-state index contributed by atoms with van der Waals surface area (Å²) in [6, 6.07) is 12.9. The van der Waals surface area contributed by atoms with Crippen LogP contribution in [0.3, 0.4) is 0 Å². The van der Waals surface area contributed by atoms with Gasteiger partial charge in [-0.25, -0.2) is 14.3 Å². The fourth-order valence-electron chi connectivity index (χ4n) is 5.49. The number of pyridine rings is 1. The summed E-state index contributed by atoms with van der Waals surface area (Å²) in [7, 11) is 0. The van der Waals surface area contributed by atoms with E-state index in [0.29, 0.717) is 18.6 Å². The zero-order valence-corrected chi connectivity index (χ0v) is 21.5. The Bertz CT molecular complexity index is 1730. The summed E-state index contributed by atoms with van der Waals surface area (Å²) in [4.78, 5) is 26.4. The smallest absolute Gasteiger partial charge is 0.440 e. The van der Waals surface area contributed by atoms with Crippen molar-refractivity contribution in [3.8, 4) is 11.7 Å². The van der Waals surface area contributed by atoms with Gasteiger partial charge in [-0.3, -0.25) is 14.4 Å². The van der Waals surface area contributed by atoms with Crippen LogP contribution in [0.15, 0.2) is 45.7 Å². The molecule has 1 aliphatic rings. The van der Waals surface area contributed by atoms with Crippen molar-refractivity contribution in [3.63, 3.8) is 0 Å². The van der Waals surface area contributed by atoms with Gasteiger partial charge >= 0.3 is 11.8 Å². The average molecular weight is 497 g/mol. The normalized spacial score (nSPS) is 12.9. The zero-order chi connectivity index (χ0) is 25.8. The van der Waals surface area contributed by atoms with Gasteiger partial charge in [-0.05, 0) is 98.6 Å². The second kappa shape index (κ2) is 8.62. The van der Waals surface area contributed by atoms with Crippen LogP contribution in [0, 0.1) is 27.7 Å². The van der Waals surface area contributed by atoms with Gasteiger partial charge in [0, 0.05) is 5.69 Å². The Morgan fingerprint density at radius 3 is 2.59 bits per heavy atom. The third-order valence-corrected chi connectivity index (χ3v) is 7.00. The van der Waals surface area contributed by atoms with Gasteiger partial charge in [0.15, 0.2) is 5.65 Å². The molecular formula is C28H28N6O3. The Hall–Kier alpha value is -4.40. The SMILES string of the molecule is CCOc1nc2c(C)cc(C)nc2n1-c1c(C)cc2c(c1C)CCc1ccccc1N2c1noc(=O)[nH]1. The van der Waals surface area contributed by atoms with Gasteiger partial charge in [0.05, 0.1) is 23.7 Å². The topological polar surface area (TPSA) is 102 Å². The minimum atomic E-state index is -0.591. The Balaban J connectivity index is 1.65. The van der Waals surface area contributed by atoms with Crippen molar-refractivity contribution in [3.05, 3.63) is 80.5 Å². The highest BCUT2D eigenvalue weighted by atomic mass is 16.5. The summed E-state index contributed by atoms with van der Waals surface area (Å²) in [5, 5.41) is 4.05. The molecule has 6 rings (SSSR count). The number of aryl methyl sites for hydroxylation is 4. The lowest BCUT2D eigenvalue weighted by molar-refractivity contribution is 0.309. The number of aromatic amines is 1. The Morgan fingerprint density at radius 2 is 1.84 bits per heavy atom. The molecule has 1 N–H and O–H groups in total. The third-order valence-electron chi connectivity index (χ3n) is 7.00. The van der Waals surface area contributed by atoms with Crippen LogP contribution in [-0.4, -0.2) is 31.3 Å². The van der Waals surface area contributed by atoms with Crippen LogP contribution in [0.4, 0.5) is 17.3 Å². The molecule has 2 aromatic carbocycles. The monoisotopic (exact) mass is 496 g/mol. The van der Waals surface area contributed by atoms with Crippen LogP contribution in [0.1, 0.15) is 40.4 Å². The minimum Gasteiger partial charge on any atom is -0.465 e. The van der Waals surface area contributed by atoms with Crippen molar-refractivity contribution in [2.75, 3.05) is 11.5 Å². The quantitative estimate of drug-likeness (QED) is 0.360. The fourth-order valence-corrected chi connectivity index (χ4v) is 5.49. The molecule has 0 fully saturated rings. The van der Waals surface area contributed by atoms with E-state index in [1.54, 1.807) is 0 Å². The lowest BCUT2D eigenvalue weighted by Gasteiger charge is -2.26. The first-order chi connectivity index (χ1) is 17.9. The molecule has 1 aliphatic heterocycles. The zero-order valence-electron chi connectivity index (χ0n) is 21.5. The Kier molecular flexibility index (Phi) is 5.36. The molecule has 5 aromatic rings. The predicted octanol–water partition coefficient (Wildman–Crippen LogP) is 5.30. The molecule has 0 saturated carbocycles. The predicted molar refractivity (Wildman–Crippen MR) is 142 cm³/mol. The third kappa shape index (κ3) is 3.61. The molecule has 188 valence electrons. The van der Waals surface area contributed by atoms with Crippen molar-refractivity contribution in [1.82, 2.24) is 24.7 Å². The van der Waals surface area contributed by atoms with Crippen LogP contribution in [0.5, 0.6) is 6.01 Å². The molecule has 4 heterocycles. The molecule has 0 radical (unpaired) electrons. The van der Waals surface area contributed by atoms with Gasteiger partial charge in [0.1, 0.15) is 5.52 Å². The van der Waals surface area contributed by atoms with Crippen molar-refractivity contribution in [2.45, 2.75) is 47.5 Å². The summed E-state index contributed by atoms with van der Waals surface area (Å²) < 4.78 is 13.0. The maximum atomic E-state index is 11.9. The van der Waals surface area contributed by atoms with Crippen LogP contribution in [0.2, 0.25) is 0 Å². The molecule has 0 bridgehead atoms. The van der Waals surface area contributed by atoms with E-state index in [1.807, 2.05) is 47.6 Å². The van der Waals surface area contributed by atoms with Crippen LogP contribution in [-0.2, 0) is 12.8 Å². The van der Waals surface area contributed by atoms with Crippen molar-refractivity contribution >= 4 is 28.5 Å². The summed E-state index contributed by atoms with van der Waals surface area (Å²) >= 11 is 0. The molecule has 9 nitrogen and oxygen atoms in total. The highest BCUT2D eigenvalue weighted by molar-refractivity contribution is 5.84. The number of hydrogen-bond acceptors (Lipinski definition) is 7. The van der Waals surface area contributed by atoms with E-state index in [9.17, 15) is 4.79 Å². The summed E-state index contributed by atoms with van der Waals surface area (Å²) in [5.41, 5.74) is 10.9. The minimum absolute atomic E-state index is 0.350. The molecule has 9 heteroatoms. The lowest BCUT2D eigenvalue weighted by Crippen LogP contribution is -2.16. The number of hydrogen-bond donors (Lipinski definition) is 1. The summed E-state index contributed by atoms with van der Waals surface area (Å²) in [5.74, 6) is -0.241. The van der Waals surface area contributed by atoms with Gasteiger partial charge in [-0.1, -0.05) is 18.2 Å². The largest absolute Gasteiger partial charge is 0.465 e. The number of nitrogens with zero attached hydrogens (tertiary/aromatic N) is 5. The van der Waals surface area contributed by atoms with E-state index in [4.69, 9.17) is 19.2 Å². The molecule has 3 aromatic heterocycles. The van der Waals surface area contributed by atoms with Crippen LogP contribution in [0.25, 0.3) is 16.9 Å². The molecule has 0 amide bonds. The fraction of sp³-hybridized carbons (Fsp3) is 0.286. The first-order valence-corrected chi connectivity index (χ1v) is 12.4. The number of rotatable bonds is 4. The number of para-hydroxylation sites is 1. The molecule has 37 heavy (non-hydrogen) atoms. The maximum absolute atomic E-state index is 11.9. The van der Waals surface area contributed by atoms with Crippen LogP contribution < -0.4 is 15.4 Å². The first-order valence-electron chi connectivity index (χ1n) is 12.4. The second-order valence-electron chi connectivity index (χ2n) is 9.46. The number of H-pyrrole nitrogens is 1. The number of ether oxygens (including phenoxy) is 1. The van der Waals surface area contributed by atoms with Crippen molar-refractivity contribution in [1.29, 1.82) is 0 Å². The number of imidazole rings is 1. The number of benzene rings is 2. The molecular weight excluding hydrogens is 468 g/mol.